The largest absolute Gasteiger partial charge is 0.379 e. The van der Waals surface area contributed by atoms with E-state index < -0.39 is 0 Å². The summed E-state index contributed by atoms with van der Waals surface area (Å²) in [6.07, 6.45) is 7.36. The van der Waals surface area contributed by atoms with Gasteiger partial charge in [-0.2, -0.15) is 5.10 Å². The molecule has 3 N–H and O–H groups in total. The van der Waals surface area contributed by atoms with Gasteiger partial charge >= 0.3 is 0 Å². The third kappa shape index (κ3) is 21.2. The van der Waals surface area contributed by atoms with Gasteiger partial charge < -0.3 is 30.1 Å². The van der Waals surface area contributed by atoms with Crippen LogP contribution in [0.1, 0.15) is 52.4 Å². The minimum absolute atomic E-state index is 0.0248. The summed E-state index contributed by atoms with van der Waals surface area (Å²) in [6.45, 7) is 9.44. The van der Waals surface area contributed by atoms with Crippen molar-refractivity contribution in [3.8, 4) is 0 Å². The van der Waals surface area contributed by atoms with Crippen LogP contribution in [0.15, 0.2) is 10.1 Å². The molecule has 0 atom stereocenters. The Labute approximate surface area is 181 Å². The third-order valence-corrected chi connectivity index (χ3v) is 3.97. The average Bonchev–Trinajstić information content (AvgIpc) is 2.76. The number of hydrogen-bond donors (Lipinski definition) is 2. The standard InChI is InChI=1S/C21H42N4O5/c1-3-5-6-7-20(25-22)19-23-10-12-28-14-16-30-18-17-29-15-13-27-11-8-21(26)24-9-4-2/h19H,3-18,22H2,1-2H3,(H,24,26)/b23-19?,25-20-. The molecule has 0 aromatic rings. The summed E-state index contributed by atoms with van der Waals surface area (Å²) in [7, 11) is 0. The lowest BCUT2D eigenvalue weighted by atomic mass is 10.1. The molecule has 0 spiro atoms. The first-order valence-corrected chi connectivity index (χ1v) is 11.1. The maximum atomic E-state index is 11.4. The number of hydrazone groups is 1. The predicted octanol–water partition coefficient (Wildman–Crippen LogP) is 1.93. The summed E-state index contributed by atoms with van der Waals surface area (Å²) in [5.41, 5.74) is 0.828. The van der Waals surface area contributed by atoms with Gasteiger partial charge in [0.25, 0.3) is 0 Å². The van der Waals surface area contributed by atoms with E-state index in [4.69, 9.17) is 24.8 Å². The van der Waals surface area contributed by atoms with Crippen LogP contribution in [-0.2, 0) is 23.7 Å². The van der Waals surface area contributed by atoms with E-state index in [0.717, 1.165) is 25.0 Å². The van der Waals surface area contributed by atoms with Gasteiger partial charge in [0.05, 0.1) is 65.1 Å². The molecule has 0 aromatic carbocycles. The molecule has 9 heteroatoms. The lowest BCUT2D eigenvalue weighted by Crippen LogP contribution is -2.25. The fourth-order valence-electron chi connectivity index (χ4n) is 2.29. The maximum absolute atomic E-state index is 11.4. The Kier molecular flexibility index (Phi) is 22.5. The minimum atomic E-state index is 0.0248. The number of nitrogens with two attached hydrogens (primary N) is 1. The van der Waals surface area contributed by atoms with Crippen LogP contribution in [-0.4, -0.2) is 83.8 Å². The van der Waals surface area contributed by atoms with E-state index >= 15 is 0 Å². The highest BCUT2D eigenvalue weighted by Crippen LogP contribution is 1.99. The van der Waals surface area contributed by atoms with Crippen molar-refractivity contribution in [1.82, 2.24) is 5.32 Å². The second-order valence-corrected chi connectivity index (χ2v) is 6.66. The van der Waals surface area contributed by atoms with Gasteiger partial charge in [0, 0.05) is 19.2 Å². The molecule has 0 bridgehead atoms. The quantitative estimate of drug-likeness (QED) is 0.117. The maximum Gasteiger partial charge on any atom is 0.222 e. The van der Waals surface area contributed by atoms with Gasteiger partial charge in [0.2, 0.25) is 5.91 Å². The first-order valence-electron chi connectivity index (χ1n) is 11.1. The van der Waals surface area contributed by atoms with E-state index in [-0.39, 0.29) is 5.91 Å². The Hall–Kier alpha value is -1.55. The van der Waals surface area contributed by atoms with E-state index in [9.17, 15) is 4.79 Å². The second kappa shape index (κ2) is 23.7. The summed E-state index contributed by atoms with van der Waals surface area (Å²) in [5, 5.41) is 6.55. The zero-order chi connectivity index (χ0) is 22.1. The molecule has 0 radical (unpaired) electrons. The Morgan fingerprint density at radius 2 is 1.43 bits per heavy atom. The number of carbonyl (C=O) groups is 1. The van der Waals surface area contributed by atoms with E-state index in [1.807, 2.05) is 6.92 Å². The minimum Gasteiger partial charge on any atom is -0.379 e. The lowest BCUT2D eigenvalue weighted by molar-refractivity contribution is -0.122. The number of amides is 1. The van der Waals surface area contributed by atoms with Crippen molar-refractivity contribution in [3.05, 3.63) is 0 Å². The Balaban J connectivity index is 3.29. The van der Waals surface area contributed by atoms with E-state index in [2.05, 4.69) is 22.3 Å². The number of aliphatic imine (C=N–C) groups is 1. The fraction of sp³-hybridized carbons (Fsp3) is 0.857. The van der Waals surface area contributed by atoms with Gasteiger partial charge in [0.15, 0.2) is 0 Å². The molecular formula is C21H42N4O5. The fourth-order valence-corrected chi connectivity index (χ4v) is 2.29. The van der Waals surface area contributed by atoms with Crippen LogP contribution in [0.4, 0.5) is 0 Å². The molecular weight excluding hydrogens is 388 g/mol. The predicted molar refractivity (Wildman–Crippen MR) is 120 cm³/mol. The number of nitrogens with zero attached hydrogens (tertiary/aromatic N) is 2. The normalized spacial score (nSPS) is 12.0. The second-order valence-electron chi connectivity index (χ2n) is 6.66. The number of nitrogens with one attached hydrogen (secondary N) is 1. The van der Waals surface area contributed by atoms with Crippen molar-refractivity contribution in [3.63, 3.8) is 0 Å². The molecule has 0 aromatic heterocycles. The van der Waals surface area contributed by atoms with Crippen LogP contribution >= 0.6 is 0 Å². The number of rotatable bonds is 22. The van der Waals surface area contributed by atoms with Gasteiger partial charge in [-0.15, -0.1) is 0 Å². The molecule has 1 amide bonds. The Morgan fingerprint density at radius 3 is 2.00 bits per heavy atom. The monoisotopic (exact) mass is 430 g/mol. The van der Waals surface area contributed by atoms with Crippen LogP contribution in [0, 0.1) is 0 Å². The first-order chi connectivity index (χ1) is 14.7. The van der Waals surface area contributed by atoms with E-state index in [0.29, 0.717) is 72.4 Å². The van der Waals surface area contributed by atoms with Crippen LogP contribution in [0.3, 0.4) is 0 Å². The molecule has 0 rings (SSSR count). The molecule has 0 aliphatic rings. The van der Waals surface area contributed by atoms with Crippen molar-refractivity contribution < 1.29 is 23.7 Å². The third-order valence-electron chi connectivity index (χ3n) is 3.97. The molecule has 0 aliphatic heterocycles. The smallest absolute Gasteiger partial charge is 0.222 e. The lowest BCUT2D eigenvalue weighted by Gasteiger charge is -2.07. The van der Waals surface area contributed by atoms with E-state index in [1.165, 1.54) is 12.8 Å². The summed E-state index contributed by atoms with van der Waals surface area (Å²) in [4.78, 5) is 15.6. The van der Waals surface area contributed by atoms with Crippen molar-refractivity contribution in [2.45, 2.75) is 52.4 Å². The number of ether oxygens (including phenoxy) is 4. The summed E-state index contributed by atoms with van der Waals surface area (Å²) < 4.78 is 21.6. The summed E-state index contributed by atoms with van der Waals surface area (Å²) in [6, 6.07) is 0. The Morgan fingerprint density at radius 1 is 0.833 bits per heavy atom. The summed E-state index contributed by atoms with van der Waals surface area (Å²) >= 11 is 0. The SMILES string of the molecule is CCCCC/C(C=NCCOCCOCCOCCOCCC(=O)NCCC)=N/N. The molecule has 0 unspecified atom stereocenters. The number of unbranched alkanes of at least 4 members (excludes halogenated alkanes) is 2. The van der Waals surface area contributed by atoms with Gasteiger partial charge in [-0.3, -0.25) is 9.79 Å². The van der Waals surface area contributed by atoms with Crippen LogP contribution in [0.5, 0.6) is 0 Å². The van der Waals surface area contributed by atoms with Crippen LogP contribution < -0.4 is 11.2 Å². The van der Waals surface area contributed by atoms with Crippen molar-refractivity contribution in [2.75, 3.05) is 65.9 Å². The van der Waals surface area contributed by atoms with Crippen molar-refractivity contribution in [1.29, 1.82) is 0 Å². The molecule has 0 fully saturated rings. The zero-order valence-electron chi connectivity index (χ0n) is 18.9. The van der Waals surface area contributed by atoms with Gasteiger partial charge in [-0.25, -0.2) is 0 Å². The molecule has 30 heavy (non-hydrogen) atoms. The Bertz CT molecular complexity index is 447. The van der Waals surface area contributed by atoms with Gasteiger partial charge in [-0.05, 0) is 19.3 Å². The number of hydrogen-bond acceptors (Lipinski definition) is 8. The highest BCUT2D eigenvalue weighted by atomic mass is 16.6. The summed E-state index contributed by atoms with van der Waals surface area (Å²) in [5.74, 6) is 5.38. The van der Waals surface area contributed by atoms with Gasteiger partial charge in [0.1, 0.15) is 0 Å². The average molecular weight is 431 g/mol. The molecule has 0 saturated heterocycles. The van der Waals surface area contributed by atoms with Crippen LogP contribution in [0.25, 0.3) is 0 Å². The van der Waals surface area contributed by atoms with E-state index in [1.54, 1.807) is 6.21 Å². The van der Waals surface area contributed by atoms with Crippen molar-refractivity contribution >= 4 is 17.8 Å². The molecule has 176 valence electrons. The molecule has 0 heterocycles. The first kappa shape index (κ1) is 28.5. The molecule has 0 saturated carbocycles. The highest BCUT2D eigenvalue weighted by Gasteiger charge is 1.99. The zero-order valence-corrected chi connectivity index (χ0v) is 18.9. The van der Waals surface area contributed by atoms with Crippen LogP contribution in [0.2, 0.25) is 0 Å². The molecule has 9 nitrogen and oxygen atoms in total. The van der Waals surface area contributed by atoms with Crippen molar-refractivity contribution in [2.24, 2.45) is 15.9 Å². The van der Waals surface area contributed by atoms with Gasteiger partial charge in [-0.1, -0.05) is 26.7 Å². The topological polar surface area (TPSA) is 117 Å². The molecule has 0 aliphatic carbocycles. The number of carbonyl (C=O) groups excluding carboxylic acids is 1. The highest BCUT2D eigenvalue weighted by molar-refractivity contribution is 6.30.